The number of aliphatic carboxylic acids is 1. The van der Waals surface area contributed by atoms with E-state index in [-0.39, 0.29) is 5.91 Å². The average molecular weight is 492 g/mol. The fourth-order valence-corrected chi connectivity index (χ4v) is 3.47. The van der Waals surface area contributed by atoms with Gasteiger partial charge in [-0.2, -0.15) is 10.1 Å². The fraction of sp³-hybridized carbons (Fsp3) is 0.150. The Morgan fingerprint density at radius 1 is 1.29 bits per heavy atom. The molecule has 0 saturated carbocycles. The number of hydrogen-bond donors (Lipinski definition) is 1. The van der Waals surface area contributed by atoms with Crippen molar-refractivity contribution in [1.29, 1.82) is 0 Å². The Bertz CT molecular complexity index is 986. The van der Waals surface area contributed by atoms with Crippen molar-refractivity contribution >= 4 is 51.9 Å². The molecule has 28 heavy (non-hydrogen) atoms. The van der Waals surface area contributed by atoms with Gasteiger partial charge in [-0.05, 0) is 65.4 Å². The van der Waals surface area contributed by atoms with Crippen molar-refractivity contribution in [1.82, 2.24) is 0 Å². The zero-order valence-corrected chi connectivity index (χ0v) is 17.3. The van der Waals surface area contributed by atoms with Crippen LogP contribution in [0, 0.1) is 3.57 Å². The van der Waals surface area contributed by atoms with Crippen molar-refractivity contribution in [3.05, 3.63) is 57.2 Å². The number of anilines is 1. The molecule has 7 nitrogen and oxygen atoms in total. The highest BCUT2D eigenvalue weighted by atomic mass is 127. The second kappa shape index (κ2) is 8.42. The van der Waals surface area contributed by atoms with Gasteiger partial charge < -0.3 is 14.6 Å². The van der Waals surface area contributed by atoms with E-state index in [4.69, 9.17) is 14.6 Å². The minimum atomic E-state index is -1.08. The molecular formula is C20H17IN2O5. The molecule has 2 aromatic rings. The number of amides is 1. The van der Waals surface area contributed by atoms with E-state index in [1.165, 1.54) is 12.1 Å². The molecule has 3 rings (SSSR count). The molecule has 0 spiro atoms. The Morgan fingerprint density at radius 2 is 2.00 bits per heavy atom. The van der Waals surface area contributed by atoms with E-state index >= 15 is 0 Å². The first-order valence-corrected chi connectivity index (χ1v) is 9.37. The number of rotatable bonds is 6. The van der Waals surface area contributed by atoms with Crippen molar-refractivity contribution in [2.45, 2.75) is 6.92 Å². The Kier molecular flexibility index (Phi) is 5.98. The number of hydrazone groups is 1. The van der Waals surface area contributed by atoms with Crippen molar-refractivity contribution in [2.75, 3.05) is 18.7 Å². The van der Waals surface area contributed by atoms with Crippen LogP contribution in [-0.4, -0.2) is 36.4 Å². The minimum Gasteiger partial charge on any atom is -0.493 e. The lowest BCUT2D eigenvalue weighted by Gasteiger charge is -2.13. The van der Waals surface area contributed by atoms with Crippen molar-refractivity contribution < 1.29 is 24.2 Å². The van der Waals surface area contributed by atoms with Gasteiger partial charge in [0.25, 0.3) is 5.91 Å². The summed E-state index contributed by atoms with van der Waals surface area (Å²) in [5, 5.41) is 14.5. The van der Waals surface area contributed by atoms with Crippen LogP contribution in [0.3, 0.4) is 0 Å². The highest BCUT2D eigenvalue weighted by molar-refractivity contribution is 14.1. The number of para-hydroxylation sites is 1. The molecule has 1 heterocycles. The zero-order valence-electron chi connectivity index (χ0n) is 15.2. The van der Waals surface area contributed by atoms with Gasteiger partial charge in [0.15, 0.2) is 18.1 Å². The van der Waals surface area contributed by atoms with E-state index in [0.29, 0.717) is 32.0 Å². The Hall–Kier alpha value is -2.88. The summed E-state index contributed by atoms with van der Waals surface area (Å²) >= 11 is 2.04. The number of halogens is 1. The molecule has 1 amide bonds. The van der Waals surface area contributed by atoms with E-state index in [2.05, 4.69) is 5.10 Å². The predicted octanol–water partition coefficient (Wildman–Crippen LogP) is 3.57. The van der Waals surface area contributed by atoms with Crippen LogP contribution in [0.5, 0.6) is 11.5 Å². The molecule has 1 N–H and O–H groups in total. The van der Waals surface area contributed by atoms with Gasteiger partial charge in [0.1, 0.15) is 0 Å². The molecule has 8 heteroatoms. The maximum atomic E-state index is 12.8. The highest BCUT2D eigenvalue weighted by Crippen LogP contribution is 2.35. The van der Waals surface area contributed by atoms with Gasteiger partial charge in [-0.15, -0.1) is 0 Å². The molecule has 1 aliphatic rings. The van der Waals surface area contributed by atoms with Gasteiger partial charge >= 0.3 is 5.97 Å². The summed E-state index contributed by atoms with van der Waals surface area (Å²) in [5.41, 5.74) is 2.49. The largest absolute Gasteiger partial charge is 0.493 e. The van der Waals surface area contributed by atoms with Crippen molar-refractivity contribution in [2.24, 2.45) is 5.10 Å². The van der Waals surface area contributed by atoms with Crippen molar-refractivity contribution in [3.63, 3.8) is 0 Å². The molecular weight excluding hydrogens is 475 g/mol. The van der Waals surface area contributed by atoms with Crippen molar-refractivity contribution in [3.8, 4) is 11.5 Å². The number of carboxylic acids is 1. The molecule has 0 atom stereocenters. The molecule has 0 fully saturated rings. The number of hydrogen-bond acceptors (Lipinski definition) is 5. The minimum absolute atomic E-state index is 0.219. The van der Waals surface area contributed by atoms with Gasteiger partial charge in [0, 0.05) is 0 Å². The number of ether oxygens (including phenoxy) is 2. The molecule has 0 unspecified atom stereocenters. The first kappa shape index (κ1) is 19.9. The first-order chi connectivity index (χ1) is 13.4. The van der Waals surface area contributed by atoms with Gasteiger partial charge in [0.2, 0.25) is 0 Å². The van der Waals surface area contributed by atoms with Crippen LogP contribution >= 0.6 is 22.6 Å². The molecule has 0 aliphatic carbocycles. The fourth-order valence-electron chi connectivity index (χ4n) is 2.69. The maximum absolute atomic E-state index is 12.8. The lowest BCUT2D eigenvalue weighted by molar-refractivity contribution is -0.139. The summed E-state index contributed by atoms with van der Waals surface area (Å²) in [6.45, 7) is 1.31. The second-order valence-corrected chi connectivity index (χ2v) is 7.07. The summed E-state index contributed by atoms with van der Waals surface area (Å²) in [4.78, 5) is 23.6. The summed E-state index contributed by atoms with van der Waals surface area (Å²) in [6.07, 6.45) is 1.73. The van der Waals surface area contributed by atoms with Crippen LogP contribution in [0.4, 0.5) is 5.69 Å². The third-order valence-electron chi connectivity index (χ3n) is 3.97. The quantitative estimate of drug-likeness (QED) is 0.492. The van der Waals surface area contributed by atoms with E-state index in [1.54, 1.807) is 25.1 Å². The van der Waals surface area contributed by atoms with E-state index in [1.807, 2.05) is 52.9 Å². The zero-order chi connectivity index (χ0) is 20.3. The third-order valence-corrected chi connectivity index (χ3v) is 4.77. The van der Waals surface area contributed by atoms with Crippen LogP contribution in [0.25, 0.3) is 6.08 Å². The van der Waals surface area contributed by atoms with Crippen LogP contribution in [0.15, 0.2) is 53.1 Å². The Balaban J connectivity index is 1.93. The van der Waals surface area contributed by atoms with E-state index < -0.39 is 12.6 Å². The summed E-state index contributed by atoms with van der Waals surface area (Å²) in [7, 11) is 1.47. The second-order valence-electron chi connectivity index (χ2n) is 5.91. The number of methoxy groups -OCH3 is 1. The average Bonchev–Trinajstić information content (AvgIpc) is 2.95. The Labute approximate surface area is 175 Å². The topological polar surface area (TPSA) is 88.4 Å². The number of carbonyl (C=O) groups excluding carboxylic acids is 1. The number of nitrogens with zero attached hydrogens (tertiary/aromatic N) is 2. The van der Waals surface area contributed by atoms with Crippen LogP contribution in [0.1, 0.15) is 12.5 Å². The number of carboxylic acid groups (broad SMARTS) is 1. The van der Waals surface area contributed by atoms with Gasteiger partial charge in [0.05, 0.1) is 27.7 Å². The maximum Gasteiger partial charge on any atom is 0.341 e. The SMILES string of the molecule is COc1cc(C=C2C(=O)N(c3ccccc3)N=C2C)cc(I)c1OCC(=O)O. The molecule has 0 aromatic heterocycles. The number of benzene rings is 2. The molecule has 144 valence electrons. The van der Waals surface area contributed by atoms with Crippen LogP contribution in [-0.2, 0) is 9.59 Å². The lowest BCUT2D eigenvalue weighted by atomic mass is 10.1. The van der Waals surface area contributed by atoms with Gasteiger partial charge in [-0.25, -0.2) is 4.79 Å². The molecule has 0 radical (unpaired) electrons. The monoisotopic (exact) mass is 492 g/mol. The van der Waals surface area contributed by atoms with Crippen LogP contribution < -0.4 is 14.5 Å². The molecule has 1 aliphatic heterocycles. The Morgan fingerprint density at radius 3 is 2.64 bits per heavy atom. The van der Waals surface area contributed by atoms with E-state index in [0.717, 1.165) is 5.56 Å². The highest BCUT2D eigenvalue weighted by Gasteiger charge is 2.28. The van der Waals surface area contributed by atoms with E-state index in [9.17, 15) is 9.59 Å². The number of carbonyl (C=O) groups is 2. The smallest absolute Gasteiger partial charge is 0.341 e. The summed E-state index contributed by atoms with van der Waals surface area (Å²) < 4.78 is 11.3. The summed E-state index contributed by atoms with van der Waals surface area (Å²) in [6, 6.07) is 12.7. The first-order valence-electron chi connectivity index (χ1n) is 8.29. The molecule has 2 aromatic carbocycles. The predicted molar refractivity (Wildman–Crippen MR) is 114 cm³/mol. The van der Waals surface area contributed by atoms with Gasteiger partial charge in [-0.1, -0.05) is 18.2 Å². The third kappa shape index (κ3) is 4.16. The van der Waals surface area contributed by atoms with Crippen LogP contribution in [0.2, 0.25) is 0 Å². The van der Waals surface area contributed by atoms with Gasteiger partial charge in [-0.3, -0.25) is 4.79 Å². The molecule has 0 saturated heterocycles. The standard InChI is InChI=1S/C20H17IN2O5/c1-12-15(20(26)23(22-12)14-6-4-3-5-7-14)8-13-9-16(21)19(17(10-13)27-2)28-11-18(24)25/h3-10H,11H2,1-2H3,(H,24,25). The normalized spacial score (nSPS) is 15.0. The lowest BCUT2D eigenvalue weighted by Crippen LogP contribution is -2.21. The molecule has 0 bridgehead atoms. The summed E-state index contributed by atoms with van der Waals surface area (Å²) in [5.74, 6) is -0.557.